The maximum absolute atomic E-state index is 12.0. The van der Waals surface area contributed by atoms with Crippen LogP contribution in [-0.4, -0.2) is 38.4 Å². The van der Waals surface area contributed by atoms with Gasteiger partial charge in [0.15, 0.2) is 5.11 Å². The van der Waals surface area contributed by atoms with Crippen LogP contribution in [0.1, 0.15) is 10.4 Å². The molecular weight excluding hydrogens is 332 g/mol. The average molecular weight is 347 g/mol. The van der Waals surface area contributed by atoms with Crippen molar-refractivity contribution in [3.63, 3.8) is 0 Å². The summed E-state index contributed by atoms with van der Waals surface area (Å²) in [4.78, 5) is 12.0. The summed E-state index contributed by atoms with van der Waals surface area (Å²) in [6.07, 6.45) is 0. The van der Waals surface area contributed by atoms with Crippen molar-refractivity contribution in [1.29, 1.82) is 0 Å². The molecule has 0 saturated carbocycles. The molecule has 104 valence electrons. The Bertz CT molecular complexity index is 468. The van der Waals surface area contributed by atoms with Gasteiger partial charge in [-0.25, -0.2) is 0 Å². The highest BCUT2D eigenvalue weighted by atomic mass is 79.9. The van der Waals surface area contributed by atoms with Gasteiger partial charge in [-0.2, -0.15) is 0 Å². The smallest absolute Gasteiger partial charge is 0.261 e. The lowest BCUT2D eigenvalue weighted by Crippen LogP contribution is -2.40. The standard InChI is InChI=1S/C12H15BrN2O3S/c1-17-6-5-14-12(19)15-11(16)9-7-8(13)3-4-10(9)18-2/h3-4,7H,5-6H2,1-2H3,(H2,14,15,16,19). The van der Waals surface area contributed by atoms with Gasteiger partial charge in [-0.1, -0.05) is 15.9 Å². The number of halogens is 1. The molecule has 0 aromatic heterocycles. The molecule has 0 fully saturated rings. The molecule has 0 heterocycles. The van der Waals surface area contributed by atoms with Crippen LogP contribution in [0.15, 0.2) is 22.7 Å². The van der Waals surface area contributed by atoms with Crippen LogP contribution in [0.2, 0.25) is 0 Å². The van der Waals surface area contributed by atoms with E-state index in [0.29, 0.717) is 24.5 Å². The molecule has 19 heavy (non-hydrogen) atoms. The number of nitrogens with one attached hydrogen (secondary N) is 2. The van der Waals surface area contributed by atoms with Crippen molar-refractivity contribution < 1.29 is 14.3 Å². The molecule has 0 spiro atoms. The number of hydrogen-bond donors (Lipinski definition) is 2. The van der Waals surface area contributed by atoms with Crippen molar-refractivity contribution in [2.75, 3.05) is 27.4 Å². The number of amides is 1. The van der Waals surface area contributed by atoms with Crippen molar-refractivity contribution in [2.45, 2.75) is 0 Å². The van der Waals surface area contributed by atoms with E-state index in [2.05, 4.69) is 26.6 Å². The number of carbonyl (C=O) groups is 1. The van der Waals surface area contributed by atoms with Crippen molar-refractivity contribution >= 4 is 39.2 Å². The summed E-state index contributed by atoms with van der Waals surface area (Å²) in [5, 5.41) is 5.69. The highest BCUT2D eigenvalue weighted by Crippen LogP contribution is 2.22. The molecule has 0 bridgehead atoms. The van der Waals surface area contributed by atoms with Gasteiger partial charge in [0.25, 0.3) is 5.91 Å². The van der Waals surface area contributed by atoms with E-state index in [4.69, 9.17) is 21.7 Å². The van der Waals surface area contributed by atoms with Crippen molar-refractivity contribution in [1.82, 2.24) is 10.6 Å². The number of ether oxygens (including phenoxy) is 2. The van der Waals surface area contributed by atoms with Gasteiger partial charge in [0.1, 0.15) is 5.75 Å². The van der Waals surface area contributed by atoms with E-state index in [0.717, 1.165) is 4.47 Å². The van der Waals surface area contributed by atoms with E-state index in [1.165, 1.54) is 7.11 Å². The summed E-state index contributed by atoms with van der Waals surface area (Å²) < 4.78 is 10.8. The highest BCUT2D eigenvalue weighted by molar-refractivity contribution is 9.10. The van der Waals surface area contributed by atoms with Crippen LogP contribution in [-0.2, 0) is 4.74 Å². The zero-order chi connectivity index (χ0) is 14.3. The Morgan fingerprint density at radius 1 is 1.42 bits per heavy atom. The van der Waals surface area contributed by atoms with Crippen LogP contribution >= 0.6 is 28.1 Å². The maximum Gasteiger partial charge on any atom is 0.261 e. The third kappa shape index (κ3) is 5.14. The Labute approximate surface area is 125 Å². The number of benzene rings is 1. The average Bonchev–Trinajstić information content (AvgIpc) is 2.39. The summed E-state index contributed by atoms with van der Waals surface area (Å²) >= 11 is 8.32. The van der Waals surface area contributed by atoms with Gasteiger partial charge in [-0.15, -0.1) is 0 Å². The fourth-order valence-electron chi connectivity index (χ4n) is 1.34. The first kappa shape index (κ1) is 15.9. The number of methoxy groups -OCH3 is 2. The Morgan fingerprint density at radius 3 is 2.79 bits per heavy atom. The minimum absolute atomic E-state index is 0.254. The van der Waals surface area contributed by atoms with E-state index >= 15 is 0 Å². The van der Waals surface area contributed by atoms with Gasteiger partial charge in [0, 0.05) is 18.1 Å². The van der Waals surface area contributed by atoms with E-state index in [-0.39, 0.29) is 11.0 Å². The van der Waals surface area contributed by atoms with Gasteiger partial charge < -0.3 is 14.8 Å². The molecule has 0 unspecified atom stereocenters. The van der Waals surface area contributed by atoms with Crippen LogP contribution in [0.4, 0.5) is 0 Å². The largest absolute Gasteiger partial charge is 0.496 e. The quantitative estimate of drug-likeness (QED) is 0.627. The lowest BCUT2D eigenvalue weighted by atomic mass is 10.2. The first-order chi connectivity index (χ1) is 9.08. The fourth-order valence-corrected chi connectivity index (χ4v) is 1.89. The van der Waals surface area contributed by atoms with Crippen LogP contribution in [0.5, 0.6) is 5.75 Å². The van der Waals surface area contributed by atoms with Crippen molar-refractivity contribution in [3.8, 4) is 5.75 Å². The minimum atomic E-state index is -0.326. The zero-order valence-corrected chi connectivity index (χ0v) is 13.1. The fraction of sp³-hybridized carbons (Fsp3) is 0.333. The highest BCUT2D eigenvalue weighted by Gasteiger charge is 2.13. The van der Waals surface area contributed by atoms with Gasteiger partial charge in [-0.3, -0.25) is 10.1 Å². The summed E-state index contributed by atoms with van der Waals surface area (Å²) in [5.41, 5.74) is 0.410. The predicted molar refractivity (Wildman–Crippen MR) is 80.6 cm³/mol. The van der Waals surface area contributed by atoms with Crippen LogP contribution in [0.3, 0.4) is 0 Å². The minimum Gasteiger partial charge on any atom is -0.496 e. The third-order valence-electron chi connectivity index (χ3n) is 2.22. The number of thiocarbonyl (C=S) groups is 1. The van der Waals surface area contributed by atoms with Crippen LogP contribution < -0.4 is 15.4 Å². The summed E-state index contributed by atoms with van der Waals surface area (Å²) in [6, 6.07) is 5.18. The number of hydrogen-bond acceptors (Lipinski definition) is 4. The topological polar surface area (TPSA) is 59.6 Å². The molecular formula is C12H15BrN2O3S. The van der Waals surface area contributed by atoms with Crippen molar-refractivity contribution in [3.05, 3.63) is 28.2 Å². The van der Waals surface area contributed by atoms with Gasteiger partial charge in [-0.05, 0) is 30.4 Å². The van der Waals surface area contributed by atoms with Crippen molar-refractivity contribution in [2.24, 2.45) is 0 Å². The van der Waals surface area contributed by atoms with E-state index in [1.54, 1.807) is 25.3 Å². The molecule has 1 rings (SSSR count). The number of rotatable bonds is 5. The molecule has 1 aromatic rings. The van der Waals surface area contributed by atoms with Crippen LogP contribution in [0.25, 0.3) is 0 Å². The Hall–Kier alpha value is -1.18. The van der Waals surface area contributed by atoms with Crippen LogP contribution in [0, 0.1) is 0 Å². The van der Waals surface area contributed by atoms with E-state index < -0.39 is 0 Å². The first-order valence-corrected chi connectivity index (χ1v) is 6.70. The summed E-state index contributed by atoms with van der Waals surface area (Å²) in [5.74, 6) is 0.161. The molecule has 0 saturated heterocycles. The second kappa shape index (κ2) is 8.08. The molecule has 0 radical (unpaired) electrons. The van der Waals surface area contributed by atoms with E-state index in [9.17, 15) is 4.79 Å². The molecule has 1 aromatic carbocycles. The molecule has 0 atom stereocenters. The molecule has 0 aliphatic rings. The SMILES string of the molecule is COCCNC(=S)NC(=O)c1cc(Br)ccc1OC. The summed E-state index contributed by atoms with van der Waals surface area (Å²) in [7, 11) is 3.10. The molecule has 2 N–H and O–H groups in total. The predicted octanol–water partition coefficient (Wildman–Crippen LogP) is 1.71. The second-order valence-corrected chi connectivity index (χ2v) is 4.87. The maximum atomic E-state index is 12.0. The lowest BCUT2D eigenvalue weighted by Gasteiger charge is -2.11. The first-order valence-electron chi connectivity index (χ1n) is 5.50. The third-order valence-corrected chi connectivity index (χ3v) is 2.96. The molecule has 5 nitrogen and oxygen atoms in total. The number of carbonyl (C=O) groups excluding carboxylic acids is 1. The Kier molecular flexibility index (Phi) is 6.75. The lowest BCUT2D eigenvalue weighted by molar-refractivity contribution is 0.0973. The second-order valence-electron chi connectivity index (χ2n) is 3.55. The normalized spacial score (nSPS) is 9.84. The zero-order valence-electron chi connectivity index (χ0n) is 10.7. The molecule has 7 heteroatoms. The van der Waals surface area contributed by atoms with Gasteiger partial charge in [0.2, 0.25) is 0 Å². The molecule has 0 aliphatic carbocycles. The van der Waals surface area contributed by atoms with Gasteiger partial charge >= 0.3 is 0 Å². The van der Waals surface area contributed by atoms with E-state index in [1.807, 2.05) is 0 Å². The molecule has 0 aliphatic heterocycles. The Morgan fingerprint density at radius 2 is 2.16 bits per heavy atom. The monoisotopic (exact) mass is 346 g/mol. The molecule has 1 amide bonds. The Balaban J connectivity index is 2.67. The summed E-state index contributed by atoms with van der Waals surface area (Å²) in [6.45, 7) is 1.04. The van der Waals surface area contributed by atoms with Gasteiger partial charge in [0.05, 0.1) is 19.3 Å².